The minimum atomic E-state index is 0.983. The Balaban J connectivity index is 2.26. The second-order valence-corrected chi connectivity index (χ2v) is 2.01. The molecule has 2 radical (unpaired) electrons. The Morgan fingerprint density at radius 1 is 1.43 bits per heavy atom. The topological polar surface area (TPSA) is 6.48 Å². The molecular weight excluding hydrogens is 88.1 g/mol. The van der Waals surface area contributed by atoms with Gasteiger partial charge in [0.05, 0.1) is 13.2 Å². The number of hydrogen-bond acceptors (Lipinski definition) is 2. The van der Waals surface area contributed by atoms with Crippen LogP contribution in [0.2, 0.25) is 0 Å². The van der Waals surface area contributed by atoms with Crippen molar-refractivity contribution in [2.75, 3.05) is 27.3 Å². The number of likely N-dealkylation sites (N-methyl/N-ethyl adjacent to an activating group) is 2. The largest absolute Gasteiger partial charge is 0.292 e. The molecule has 0 aromatic carbocycles. The van der Waals surface area contributed by atoms with Crippen LogP contribution in [-0.2, 0) is 0 Å². The summed E-state index contributed by atoms with van der Waals surface area (Å²) in [5.74, 6) is 0. The predicted molar refractivity (Wildman–Crippen MR) is 28.5 cm³/mol. The van der Waals surface area contributed by atoms with E-state index < -0.39 is 0 Å². The Kier molecular flexibility index (Phi) is 1.30. The summed E-state index contributed by atoms with van der Waals surface area (Å²) in [6.45, 7) is 5.14. The fraction of sp³-hybridized carbons (Fsp3) is 0.800. The van der Waals surface area contributed by atoms with Gasteiger partial charge in [-0.05, 0) is 14.1 Å². The molecule has 1 heterocycles. The van der Waals surface area contributed by atoms with Gasteiger partial charge in [0.1, 0.15) is 0 Å². The summed E-state index contributed by atoms with van der Waals surface area (Å²) >= 11 is 0. The molecule has 0 N–H and O–H groups in total. The molecule has 0 spiro atoms. The van der Waals surface area contributed by atoms with E-state index in [2.05, 4.69) is 23.4 Å². The average molecular weight is 98.1 g/mol. The van der Waals surface area contributed by atoms with E-state index in [1.165, 1.54) is 0 Å². The third-order valence-electron chi connectivity index (χ3n) is 1.06. The van der Waals surface area contributed by atoms with Crippen molar-refractivity contribution in [1.29, 1.82) is 0 Å². The highest BCUT2D eigenvalue weighted by Crippen LogP contribution is 2.00. The molecule has 0 aromatic heterocycles. The molecule has 1 aliphatic rings. The molecule has 0 aromatic rings. The maximum absolute atomic E-state index is 3.13. The molecule has 2 heteroatoms. The molecule has 0 aliphatic carbocycles. The fourth-order valence-corrected chi connectivity index (χ4v) is 0.704. The van der Waals surface area contributed by atoms with Crippen LogP contribution < -0.4 is 0 Å². The van der Waals surface area contributed by atoms with Gasteiger partial charge in [0.15, 0.2) is 0 Å². The highest BCUT2D eigenvalue weighted by atomic mass is 15.3. The van der Waals surface area contributed by atoms with Crippen molar-refractivity contribution in [3.05, 3.63) is 6.54 Å². The van der Waals surface area contributed by atoms with Gasteiger partial charge in [0, 0.05) is 6.54 Å². The molecular formula is C5H10N2. The number of rotatable bonds is 0. The quantitative estimate of drug-likeness (QED) is 0.416. The molecule has 1 aliphatic heterocycles. The van der Waals surface area contributed by atoms with Gasteiger partial charge in [-0.25, -0.2) is 0 Å². The molecule has 2 nitrogen and oxygen atoms in total. The summed E-state index contributed by atoms with van der Waals surface area (Å²) in [4.78, 5) is 4.25. The maximum Gasteiger partial charge on any atom is 0.0779 e. The standard InChI is InChI=1S/C5H10N2/c1-6-3-4-7(2)5-6/h3,5H2,1-2H3. The Bertz CT molecular complexity index is 55.1. The van der Waals surface area contributed by atoms with Crippen molar-refractivity contribution in [1.82, 2.24) is 9.80 Å². The maximum atomic E-state index is 3.13. The van der Waals surface area contributed by atoms with Crippen LogP contribution in [0, 0.1) is 6.54 Å². The first-order chi connectivity index (χ1) is 3.29. The minimum absolute atomic E-state index is 0.983. The zero-order chi connectivity index (χ0) is 5.28. The summed E-state index contributed by atoms with van der Waals surface area (Å²) in [5, 5.41) is 0. The molecule has 1 saturated heterocycles. The van der Waals surface area contributed by atoms with Crippen molar-refractivity contribution < 1.29 is 0 Å². The monoisotopic (exact) mass is 98.1 g/mol. The smallest absolute Gasteiger partial charge is 0.0779 e. The Labute approximate surface area is 44.7 Å². The fourth-order valence-electron chi connectivity index (χ4n) is 0.704. The van der Waals surface area contributed by atoms with Gasteiger partial charge in [-0.1, -0.05) is 0 Å². The Morgan fingerprint density at radius 3 is 2.29 bits per heavy atom. The lowest BCUT2D eigenvalue weighted by Crippen LogP contribution is -2.17. The van der Waals surface area contributed by atoms with Crippen LogP contribution in [0.15, 0.2) is 0 Å². The van der Waals surface area contributed by atoms with Gasteiger partial charge in [-0.2, -0.15) is 0 Å². The highest BCUT2D eigenvalue weighted by molar-refractivity contribution is 4.74. The number of hydrogen-bond donors (Lipinski definition) is 0. The van der Waals surface area contributed by atoms with E-state index in [0.717, 1.165) is 13.2 Å². The summed E-state index contributed by atoms with van der Waals surface area (Å²) in [5.41, 5.74) is 0. The van der Waals surface area contributed by atoms with Crippen LogP contribution in [0.3, 0.4) is 0 Å². The van der Waals surface area contributed by atoms with E-state index in [4.69, 9.17) is 0 Å². The van der Waals surface area contributed by atoms with E-state index in [0.29, 0.717) is 0 Å². The van der Waals surface area contributed by atoms with E-state index in [9.17, 15) is 0 Å². The summed E-state index contributed by atoms with van der Waals surface area (Å²) in [7, 11) is 4.11. The summed E-state index contributed by atoms with van der Waals surface area (Å²) in [6.07, 6.45) is 0. The first-order valence-corrected chi connectivity index (χ1v) is 2.42. The molecule has 0 atom stereocenters. The minimum Gasteiger partial charge on any atom is -0.292 e. The summed E-state index contributed by atoms with van der Waals surface area (Å²) in [6, 6.07) is 0. The van der Waals surface area contributed by atoms with Crippen LogP contribution in [-0.4, -0.2) is 37.1 Å². The van der Waals surface area contributed by atoms with Gasteiger partial charge in [0.25, 0.3) is 0 Å². The molecule has 1 fully saturated rings. The predicted octanol–water partition coefficient (Wildman–Crippen LogP) is -0.140. The van der Waals surface area contributed by atoms with Crippen LogP contribution in [0.4, 0.5) is 0 Å². The third kappa shape index (κ3) is 1.14. The van der Waals surface area contributed by atoms with Crippen molar-refractivity contribution in [2.24, 2.45) is 0 Å². The third-order valence-corrected chi connectivity index (χ3v) is 1.06. The van der Waals surface area contributed by atoms with Crippen LogP contribution >= 0.6 is 0 Å². The van der Waals surface area contributed by atoms with E-state index in [1.807, 2.05) is 7.05 Å². The van der Waals surface area contributed by atoms with Crippen molar-refractivity contribution in [3.8, 4) is 0 Å². The SMILES string of the molecule is CN1[C]CN(C)C1. The van der Waals surface area contributed by atoms with Crippen LogP contribution in [0.5, 0.6) is 0 Å². The molecule has 40 valence electrons. The van der Waals surface area contributed by atoms with Crippen molar-refractivity contribution in [3.63, 3.8) is 0 Å². The zero-order valence-electron chi connectivity index (χ0n) is 4.81. The van der Waals surface area contributed by atoms with E-state index in [-0.39, 0.29) is 0 Å². The second-order valence-electron chi connectivity index (χ2n) is 2.01. The van der Waals surface area contributed by atoms with Crippen molar-refractivity contribution >= 4 is 0 Å². The zero-order valence-corrected chi connectivity index (χ0v) is 4.81. The van der Waals surface area contributed by atoms with E-state index in [1.54, 1.807) is 0 Å². The first kappa shape index (κ1) is 5.06. The number of nitrogens with zero attached hydrogens (tertiary/aromatic N) is 2. The summed E-state index contributed by atoms with van der Waals surface area (Å²) < 4.78 is 0. The molecule has 1 rings (SSSR count). The normalized spacial score (nSPS) is 26.6. The second kappa shape index (κ2) is 1.80. The highest BCUT2D eigenvalue weighted by Gasteiger charge is 2.11. The first-order valence-electron chi connectivity index (χ1n) is 2.42. The van der Waals surface area contributed by atoms with Gasteiger partial charge in [-0.3, -0.25) is 9.80 Å². The Hall–Kier alpha value is -0.0800. The van der Waals surface area contributed by atoms with Gasteiger partial charge in [0.2, 0.25) is 0 Å². The van der Waals surface area contributed by atoms with Gasteiger partial charge >= 0.3 is 0 Å². The van der Waals surface area contributed by atoms with Crippen LogP contribution in [0.1, 0.15) is 0 Å². The molecule has 0 amide bonds. The van der Waals surface area contributed by atoms with Crippen LogP contribution in [0.25, 0.3) is 0 Å². The molecule has 0 unspecified atom stereocenters. The molecule has 0 saturated carbocycles. The van der Waals surface area contributed by atoms with Gasteiger partial charge < -0.3 is 0 Å². The van der Waals surface area contributed by atoms with Gasteiger partial charge in [-0.15, -0.1) is 0 Å². The molecule has 7 heavy (non-hydrogen) atoms. The lowest BCUT2D eigenvalue weighted by atomic mass is 10.6. The lowest BCUT2D eigenvalue weighted by Gasteiger charge is -2.05. The van der Waals surface area contributed by atoms with E-state index >= 15 is 0 Å². The van der Waals surface area contributed by atoms with Crippen molar-refractivity contribution in [2.45, 2.75) is 0 Å². The Morgan fingerprint density at radius 2 is 2.14 bits per heavy atom. The molecule has 0 bridgehead atoms. The lowest BCUT2D eigenvalue weighted by molar-refractivity contribution is 0.326. The average Bonchev–Trinajstić information content (AvgIpc) is 1.87.